The zero-order chi connectivity index (χ0) is 12.4. The number of anilines is 1. The number of carbonyl (C=O) groups is 1. The molecule has 1 aromatic heterocycles. The van der Waals surface area contributed by atoms with Crippen LogP contribution in [0.1, 0.15) is 10.5 Å². The topological polar surface area (TPSA) is 54.3 Å². The Morgan fingerprint density at radius 3 is 2.76 bits per heavy atom. The lowest BCUT2D eigenvalue weighted by molar-refractivity contribution is 0.101. The number of aromatic nitrogens is 1. The first-order chi connectivity index (χ1) is 8.08. The molecule has 1 aromatic carbocycles. The average molecular weight is 234 g/mol. The third-order valence-corrected chi connectivity index (χ3v) is 2.38. The van der Waals surface area contributed by atoms with E-state index in [9.17, 15) is 9.18 Å². The summed E-state index contributed by atoms with van der Waals surface area (Å²) >= 11 is 0. The van der Waals surface area contributed by atoms with Crippen molar-refractivity contribution in [1.82, 2.24) is 4.57 Å². The molecule has 5 heteroatoms. The molecule has 88 valence electrons. The lowest BCUT2D eigenvalue weighted by atomic mass is 10.3. The van der Waals surface area contributed by atoms with Crippen molar-refractivity contribution >= 4 is 11.6 Å². The fourth-order valence-corrected chi connectivity index (χ4v) is 1.48. The summed E-state index contributed by atoms with van der Waals surface area (Å²) in [4.78, 5) is 11.8. The van der Waals surface area contributed by atoms with Crippen LogP contribution in [-0.2, 0) is 7.05 Å². The Kier molecular flexibility index (Phi) is 2.82. The molecule has 2 N–H and O–H groups in total. The summed E-state index contributed by atoms with van der Waals surface area (Å²) in [7, 11) is 1.74. The fourth-order valence-electron chi connectivity index (χ4n) is 1.48. The molecule has 0 saturated heterocycles. The standard InChI is InChI=1S/C12H11FN2O2/c1-15-6-2-3-10(15)12(17)14-8-4-5-11(16)9(13)7-8/h2-7,16H,1H3,(H,14,17). The van der Waals surface area contributed by atoms with Crippen molar-refractivity contribution in [2.75, 3.05) is 5.32 Å². The van der Waals surface area contributed by atoms with Gasteiger partial charge in [0.2, 0.25) is 0 Å². The van der Waals surface area contributed by atoms with Gasteiger partial charge in [-0.3, -0.25) is 4.79 Å². The highest BCUT2D eigenvalue weighted by Crippen LogP contribution is 2.19. The molecule has 0 spiro atoms. The van der Waals surface area contributed by atoms with Crippen LogP contribution in [0.5, 0.6) is 5.75 Å². The molecule has 0 aliphatic heterocycles. The number of hydrogen-bond donors (Lipinski definition) is 2. The molecule has 0 atom stereocenters. The molecule has 0 radical (unpaired) electrons. The second kappa shape index (κ2) is 4.29. The Labute approximate surface area is 97.3 Å². The third kappa shape index (κ3) is 2.28. The van der Waals surface area contributed by atoms with Crippen LogP contribution in [0.2, 0.25) is 0 Å². The van der Waals surface area contributed by atoms with Gasteiger partial charge in [-0.25, -0.2) is 4.39 Å². The number of benzene rings is 1. The van der Waals surface area contributed by atoms with E-state index < -0.39 is 11.6 Å². The summed E-state index contributed by atoms with van der Waals surface area (Å²) in [5, 5.41) is 11.6. The van der Waals surface area contributed by atoms with E-state index in [0.29, 0.717) is 11.4 Å². The van der Waals surface area contributed by atoms with Gasteiger partial charge in [0.25, 0.3) is 5.91 Å². The van der Waals surface area contributed by atoms with Gasteiger partial charge in [0, 0.05) is 25.0 Å². The second-order valence-corrected chi connectivity index (χ2v) is 3.62. The van der Waals surface area contributed by atoms with Gasteiger partial charge in [-0.1, -0.05) is 0 Å². The molecule has 17 heavy (non-hydrogen) atoms. The predicted octanol–water partition coefficient (Wildman–Crippen LogP) is 2.12. The molecule has 0 saturated carbocycles. The van der Waals surface area contributed by atoms with Crippen molar-refractivity contribution in [3.63, 3.8) is 0 Å². The Bertz CT molecular complexity index is 563. The Hall–Kier alpha value is -2.30. The molecule has 0 unspecified atom stereocenters. The maximum absolute atomic E-state index is 13.0. The van der Waals surface area contributed by atoms with E-state index >= 15 is 0 Å². The van der Waals surface area contributed by atoms with E-state index in [0.717, 1.165) is 6.07 Å². The first kappa shape index (κ1) is 11.2. The van der Waals surface area contributed by atoms with Gasteiger partial charge in [-0.15, -0.1) is 0 Å². The van der Waals surface area contributed by atoms with Gasteiger partial charge < -0.3 is 15.0 Å². The summed E-state index contributed by atoms with van der Waals surface area (Å²) in [5.41, 5.74) is 0.769. The van der Waals surface area contributed by atoms with Crippen LogP contribution in [0, 0.1) is 5.82 Å². The number of phenols is 1. The van der Waals surface area contributed by atoms with Crippen molar-refractivity contribution in [3.05, 3.63) is 48.0 Å². The zero-order valence-corrected chi connectivity index (χ0v) is 9.14. The first-order valence-corrected chi connectivity index (χ1v) is 4.99. The zero-order valence-electron chi connectivity index (χ0n) is 9.14. The van der Waals surface area contributed by atoms with Crippen LogP contribution in [0.25, 0.3) is 0 Å². The number of halogens is 1. The van der Waals surface area contributed by atoms with E-state index in [1.165, 1.54) is 12.1 Å². The highest BCUT2D eigenvalue weighted by molar-refractivity contribution is 6.03. The van der Waals surface area contributed by atoms with Gasteiger partial charge >= 0.3 is 0 Å². The fraction of sp³-hybridized carbons (Fsp3) is 0.0833. The van der Waals surface area contributed by atoms with E-state index in [4.69, 9.17) is 5.11 Å². The largest absolute Gasteiger partial charge is 0.505 e. The number of rotatable bonds is 2. The van der Waals surface area contributed by atoms with Crippen LogP contribution in [0.15, 0.2) is 36.5 Å². The lowest BCUT2D eigenvalue weighted by Gasteiger charge is -2.06. The molecule has 0 bridgehead atoms. The van der Waals surface area contributed by atoms with Crippen LogP contribution in [0.3, 0.4) is 0 Å². The maximum atomic E-state index is 13.0. The quantitative estimate of drug-likeness (QED) is 0.782. The summed E-state index contributed by atoms with van der Waals surface area (Å²) in [6.45, 7) is 0. The SMILES string of the molecule is Cn1cccc1C(=O)Nc1ccc(O)c(F)c1. The minimum absolute atomic E-state index is 0.298. The number of hydrogen-bond acceptors (Lipinski definition) is 2. The number of carbonyl (C=O) groups excluding carboxylic acids is 1. The minimum Gasteiger partial charge on any atom is -0.505 e. The smallest absolute Gasteiger partial charge is 0.272 e. The van der Waals surface area contributed by atoms with Crippen LogP contribution in [-0.4, -0.2) is 15.6 Å². The second-order valence-electron chi connectivity index (χ2n) is 3.62. The molecular formula is C12H11FN2O2. The number of phenolic OH excluding ortho intramolecular Hbond substituents is 1. The van der Waals surface area contributed by atoms with Crippen molar-refractivity contribution < 1.29 is 14.3 Å². The molecular weight excluding hydrogens is 223 g/mol. The maximum Gasteiger partial charge on any atom is 0.272 e. The van der Waals surface area contributed by atoms with Gasteiger partial charge in [0.05, 0.1) is 0 Å². The van der Waals surface area contributed by atoms with E-state index in [2.05, 4.69) is 5.32 Å². The van der Waals surface area contributed by atoms with Crippen LogP contribution < -0.4 is 5.32 Å². The molecule has 2 rings (SSSR count). The molecule has 4 nitrogen and oxygen atoms in total. The molecule has 1 amide bonds. The van der Waals surface area contributed by atoms with E-state index in [1.807, 2.05) is 0 Å². The summed E-state index contributed by atoms with van der Waals surface area (Å²) in [5.74, 6) is -1.54. The van der Waals surface area contributed by atoms with Crippen molar-refractivity contribution in [2.45, 2.75) is 0 Å². The highest BCUT2D eigenvalue weighted by atomic mass is 19.1. The lowest BCUT2D eigenvalue weighted by Crippen LogP contribution is -2.15. The molecule has 0 fully saturated rings. The Morgan fingerprint density at radius 2 is 2.18 bits per heavy atom. The molecule has 0 aliphatic rings. The number of nitrogens with one attached hydrogen (secondary N) is 1. The van der Waals surface area contributed by atoms with E-state index in [-0.39, 0.29) is 5.91 Å². The molecule has 0 aliphatic carbocycles. The van der Waals surface area contributed by atoms with Gasteiger partial charge in [-0.05, 0) is 24.3 Å². The minimum atomic E-state index is -0.769. The average Bonchev–Trinajstić information content (AvgIpc) is 2.70. The van der Waals surface area contributed by atoms with Crippen molar-refractivity contribution in [3.8, 4) is 5.75 Å². The number of nitrogens with zero attached hydrogens (tertiary/aromatic N) is 1. The Morgan fingerprint density at radius 1 is 1.41 bits per heavy atom. The van der Waals surface area contributed by atoms with Crippen LogP contribution in [0.4, 0.5) is 10.1 Å². The summed E-state index contributed by atoms with van der Waals surface area (Å²) < 4.78 is 14.7. The predicted molar refractivity (Wildman–Crippen MR) is 61.4 cm³/mol. The van der Waals surface area contributed by atoms with Crippen molar-refractivity contribution in [1.29, 1.82) is 0 Å². The first-order valence-electron chi connectivity index (χ1n) is 4.99. The van der Waals surface area contributed by atoms with Crippen molar-refractivity contribution in [2.24, 2.45) is 7.05 Å². The van der Waals surface area contributed by atoms with Crippen LogP contribution >= 0.6 is 0 Å². The number of aryl methyl sites for hydroxylation is 1. The monoisotopic (exact) mass is 234 g/mol. The number of aromatic hydroxyl groups is 1. The normalized spacial score (nSPS) is 10.2. The van der Waals surface area contributed by atoms with Gasteiger partial charge in [0.1, 0.15) is 5.69 Å². The van der Waals surface area contributed by atoms with Gasteiger partial charge in [0.15, 0.2) is 11.6 Å². The van der Waals surface area contributed by atoms with Gasteiger partial charge in [-0.2, -0.15) is 0 Å². The molecule has 1 heterocycles. The highest BCUT2D eigenvalue weighted by Gasteiger charge is 2.10. The third-order valence-electron chi connectivity index (χ3n) is 2.38. The molecule has 2 aromatic rings. The summed E-state index contributed by atoms with van der Waals surface area (Å²) in [6, 6.07) is 7.09. The van der Waals surface area contributed by atoms with E-state index in [1.54, 1.807) is 29.9 Å². The number of amides is 1. The Balaban J connectivity index is 2.19. The summed E-state index contributed by atoms with van der Waals surface area (Å²) in [6.07, 6.45) is 1.74.